The predicted octanol–water partition coefficient (Wildman–Crippen LogP) is 22.1. The average Bonchev–Trinajstić information content (AvgIpc) is 1.68. The summed E-state index contributed by atoms with van der Waals surface area (Å²) in [6.07, 6.45) is 0. The van der Waals surface area contributed by atoms with Gasteiger partial charge >= 0.3 is 0 Å². The Bertz CT molecular complexity index is 5750. The lowest BCUT2D eigenvalue weighted by molar-refractivity contribution is 0.669. The summed E-state index contributed by atoms with van der Waals surface area (Å²) in [5.74, 6) is 0. The summed E-state index contributed by atoms with van der Waals surface area (Å²) in [4.78, 5) is 0. The highest BCUT2D eigenvalue weighted by atomic mass is 28.2. The molecule has 1 aliphatic heterocycles. The quantitative estimate of drug-likeness (QED) is 0.110. The first-order chi connectivity index (χ1) is 45.0. The van der Waals surface area contributed by atoms with E-state index in [1.165, 1.54) is 170 Å². The van der Waals surface area contributed by atoms with Gasteiger partial charge in [0.25, 0.3) is 0 Å². The minimum Gasteiger partial charge on any atom is -0.456 e. The van der Waals surface area contributed by atoms with Gasteiger partial charge in [-0.3, -0.25) is 0 Å². The summed E-state index contributed by atoms with van der Waals surface area (Å²) in [6.45, 7) is 0. The van der Waals surface area contributed by atoms with Crippen LogP contribution in [0.15, 0.2) is 326 Å². The molecule has 422 valence electrons. The lowest BCUT2D eigenvalue weighted by Gasteiger charge is -2.12. The van der Waals surface area contributed by atoms with Gasteiger partial charge in [0.1, 0.15) is 11.2 Å². The zero-order valence-electron chi connectivity index (χ0n) is 49.7. The van der Waals surface area contributed by atoms with Gasteiger partial charge in [0, 0.05) is 27.2 Å². The number of hydrogen-bond acceptors (Lipinski definition) is 1. The molecule has 0 fully saturated rings. The number of hydrogen-bond donors (Lipinski definition) is 0. The van der Waals surface area contributed by atoms with Gasteiger partial charge in [-0.2, -0.15) is 0 Å². The van der Waals surface area contributed by atoms with Gasteiger partial charge in [0.2, 0.25) is 0 Å². The van der Waals surface area contributed by atoms with E-state index in [2.05, 4.69) is 320 Å². The normalized spacial score (nSPS) is 12.4. The van der Waals surface area contributed by atoms with Gasteiger partial charge in [-0.15, -0.1) is 0 Å². The molecule has 2 nitrogen and oxygen atoms in total. The molecule has 0 aliphatic carbocycles. The van der Waals surface area contributed by atoms with E-state index >= 15 is 0 Å². The number of aromatic nitrogens is 1. The molecule has 16 aromatic carbocycles. The average molecular weight is 1170 g/mol. The molecule has 3 heterocycles. The van der Waals surface area contributed by atoms with Crippen molar-refractivity contribution >= 4 is 107 Å². The van der Waals surface area contributed by atoms with Gasteiger partial charge in [-0.05, 0) is 199 Å². The van der Waals surface area contributed by atoms with Crippen LogP contribution in [-0.2, 0) is 0 Å². The minimum absolute atomic E-state index is 0.783. The lowest BCUT2D eigenvalue weighted by atomic mass is 9.92. The summed E-state index contributed by atoms with van der Waals surface area (Å²) in [7, 11) is -0.783. The second kappa shape index (κ2) is 20.5. The van der Waals surface area contributed by atoms with Crippen molar-refractivity contribution in [2.45, 2.75) is 0 Å². The Morgan fingerprint density at radius 2 is 0.560 bits per heavy atom. The fourth-order valence-corrected chi connectivity index (χ4v) is 17.1. The standard InChI is InChI=1S/C88H55NOSi/c1-3-13-69-66(11-1)50-78(73-17-7-5-15-71(69)73)60-33-29-56(30-34-60)54-21-25-58(26-22-54)62-38-44-83-80(47-62)81-48-63(59-27-23-55(24-28-59)57-31-35-61(36-32-57)79-51-67-12-2-4-14-70(67)72-16-6-8-18-74(72)79)39-45-84(81)89(83)68-41-43-77-76-42-37-65(52-87(76)91-88(77)53-68)64-40-46-86-82(49-64)75-19-9-10-20-85(75)90-86/h1-53H,91H2. The summed E-state index contributed by atoms with van der Waals surface area (Å²) >= 11 is 0. The Labute approximate surface area is 528 Å². The number of furan rings is 1. The molecule has 3 heteroatoms. The molecular formula is C88H55NOSi. The molecule has 18 aromatic rings. The highest BCUT2D eigenvalue weighted by Crippen LogP contribution is 2.42. The fourth-order valence-electron chi connectivity index (χ4n) is 15.1. The number of rotatable bonds is 8. The van der Waals surface area contributed by atoms with Crippen molar-refractivity contribution in [3.8, 4) is 94.7 Å². The third kappa shape index (κ3) is 8.47. The van der Waals surface area contributed by atoms with Gasteiger partial charge in [0.05, 0.1) is 20.6 Å². The Kier molecular flexibility index (Phi) is 11.6. The number of nitrogens with zero attached hydrogens (tertiary/aromatic N) is 1. The lowest BCUT2D eigenvalue weighted by Crippen LogP contribution is -2.21. The summed E-state index contributed by atoms with van der Waals surface area (Å²) in [6, 6.07) is 120. The molecule has 0 saturated carbocycles. The number of fused-ring (bicyclic) bond motifs is 15. The van der Waals surface area contributed by atoms with Gasteiger partial charge in [-0.25, -0.2) is 0 Å². The topological polar surface area (TPSA) is 18.1 Å². The Morgan fingerprint density at radius 1 is 0.209 bits per heavy atom. The molecule has 0 N–H and O–H groups in total. The molecule has 2 aromatic heterocycles. The number of para-hydroxylation sites is 1. The van der Waals surface area contributed by atoms with E-state index < -0.39 is 9.52 Å². The molecule has 0 radical (unpaired) electrons. The highest BCUT2D eigenvalue weighted by molar-refractivity contribution is 6.73. The van der Waals surface area contributed by atoms with Crippen LogP contribution in [0.2, 0.25) is 0 Å². The van der Waals surface area contributed by atoms with Crippen molar-refractivity contribution in [1.29, 1.82) is 0 Å². The van der Waals surface area contributed by atoms with Crippen LogP contribution >= 0.6 is 0 Å². The molecule has 0 bridgehead atoms. The van der Waals surface area contributed by atoms with Crippen LogP contribution in [0, 0.1) is 0 Å². The monoisotopic (exact) mass is 1170 g/mol. The SMILES string of the molecule is c1ccc2c(c1)cc(-c1ccc(-c3ccc(-c4ccc5c(c4)c4cc(-c6ccc(-c7ccc(-c8cc9ccccc9c9ccccc89)cc7)cc6)ccc4n5-c4ccc5c(c4)[SiH2]c4cc(-c6ccc7oc8ccccc8c7c6)ccc4-5)cc3)cc1)c1ccccc12. The Balaban J connectivity index is 0.663. The van der Waals surface area contributed by atoms with E-state index in [1.807, 2.05) is 6.07 Å². The maximum Gasteiger partial charge on any atom is 0.135 e. The van der Waals surface area contributed by atoms with E-state index in [-0.39, 0.29) is 0 Å². The predicted molar refractivity (Wildman–Crippen MR) is 389 cm³/mol. The molecule has 1 aliphatic rings. The summed E-state index contributed by atoms with van der Waals surface area (Å²) < 4.78 is 8.71. The third-order valence-electron chi connectivity index (χ3n) is 19.6. The van der Waals surface area contributed by atoms with Gasteiger partial charge in [0.15, 0.2) is 0 Å². The van der Waals surface area contributed by atoms with E-state index in [4.69, 9.17) is 4.42 Å². The molecule has 19 rings (SSSR count). The zero-order chi connectivity index (χ0) is 59.7. The molecule has 0 unspecified atom stereocenters. The largest absolute Gasteiger partial charge is 0.456 e. The van der Waals surface area contributed by atoms with Crippen LogP contribution in [0.5, 0.6) is 0 Å². The highest BCUT2D eigenvalue weighted by Gasteiger charge is 2.23. The van der Waals surface area contributed by atoms with Crippen molar-refractivity contribution in [1.82, 2.24) is 4.57 Å². The van der Waals surface area contributed by atoms with Crippen molar-refractivity contribution < 1.29 is 4.42 Å². The van der Waals surface area contributed by atoms with Crippen LogP contribution < -0.4 is 10.4 Å². The van der Waals surface area contributed by atoms with E-state index in [9.17, 15) is 0 Å². The molecule has 91 heavy (non-hydrogen) atoms. The van der Waals surface area contributed by atoms with Crippen LogP contribution in [0.1, 0.15) is 0 Å². The second-order valence-corrected chi connectivity index (χ2v) is 26.6. The van der Waals surface area contributed by atoms with E-state index in [1.54, 1.807) is 0 Å². The molecule has 0 amide bonds. The van der Waals surface area contributed by atoms with Crippen LogP contribution in [-0.4, -0.2) is 14.1 Å². The van der Waals surface area contributed by atoms with Crippen molar-refractivity contribution in [3.05, 3.63) is 322 Å². The molecule has 0 atom stereocenters. The second-order valence-electron chi connectivity index (χ2n) is 24.7. The molecule has 0 spiro atoms. The molecule has 0 saturated heterocycles. The first-order valence-electron chi connectivity index (χ1n) is 31.6. The first kappa shape index (κ1) is 51.4. The maximum atomic E-state index is 6.20. The van der Waals surface area contributed by atoms with Crippen molar-refractivity contribution in [2.24, 2.45) is 0 Å². The van der Waals surface area contributed by atoms with E-state index in [0.29, 0.717) is 0 Å². The van der Waals surface area contributed by atoms with E-state index in [0.717, 1.165) is 21.9 Å². The van der Waals surface area contributed by atoms with Gasteiger partial charge < -0.3 is 8.98 Å². The van der Waals surface area contributed by atoms with Crippen LogP contribution in [0.25, 0.3) is 182 Å². The first-order valence-corrected chi connectivity index (χ1v) is 33.0. The van der Waals surface area contributed by atoms with Crippen LogP contribution in [0.4, 0.5) is 0 Å². The Morgan fingerprint density at radius 3 is 1.09 bits per heavy atom. The van der Waals surface area contributed by atoms with Crippen molar-refractivity contribution in [2.75, 3.05) is 0 Å². The molecular weight excluding hydrogens is 1120 g/mol. The smallest absolute Gasteiger partial charge is 0.135 e. The van der Waals surface area contributed by atoms with Crippen LogP contribution in [0.3, 0.4) is 0 Å². The fraction of sp³-hybridized carbons (Fsp3) is 0. The van der Waals surface area contributed by atoms with Crippen molar-refractivity contribution in [3.63, 3.8) is 0 Å². The summed E-state index contributed by atoms with van der Waals surface area (Å²) in [5.41, 5.74) is 25.2. The maximum absolute atomic E-state index is 6.20. The summed E-state index contributed by atoms with van der Waals surface area (Å²) in [5, 5.41) is 18.0. The zero-order valence-corrected chi connectivity index (χ0v) is 51.1. The Hall–Kier alpha value is -11.6. The minimum atomic E-state index is -0.783. The third-order valence-corrected chi connectivity index (χ3v) is 21.6. The van der Waals surface area contributed by atoms with Gasteiger partial charge in [-0.1, -0.05) is 265 Å². The number of benzene rings is 16.